The molecule has 3 nitrogen and oxygen atoms in total. The lowest BCUT2D eigenvalue weighted by Gasteiger charge is -2.31. The number of hydrogen-bond acceptors (Lipinski definition) is 1. The summed E-state index contributed by atoms with van der Waals surface area (Å²) in [7, 11) is 0. The second-order valence-electron chi connectivity index (χ2n) is 13.9. The van der Waals surface area contributed by atoms with Gasteiger partial charge in [0.1, 0.15) is 0 Å². The van der Waals surface area contributed by atoms with E-state index in [1.54, 1.807) is 0 Å². The smallest absolute Gasteiger partial charge is 0.248 e. The van der Waals surface area contributed by atoms with E-state index in [1.807, 2.05) is 0 Å². The summed E-state index contributed by atoms with van der Waals surface area (Å²) in [6.45, 7) is 0.00640. The maximum absolute atomic E-state index is 5.65. The van der Waals surface area contributed by atoms with Gasteiger partial charge in [0, 0.05) is 16.5 Å². The molecule has 1 aliphatic rings. The fourth-order valence-electron chi connectivity index (χ4n) is 9.24. The van der Waals surface area contributed by atoms with Crippen LogP contribution in [0.15, 0.2) is 170 Å². The van der Waals surface area contributed by atoms with Gasteiger partial charge in [-0.1, -0.05) is 157 Å². The Morgan fingerprint density at radius 1 is 0.451 bits per heavy atom. The van der Waals surface area contributed by atoms with E-state index in [0.29, 0.717) is 0 Å². The van der Waals surface area contributed by atoms with Crippen molar-refractivity contribution in [1.82, 2.24) is 14.0 Å². The van der Waals surface area contributed by atoms with Gasteiger partial charge < -0.3 is 0 Å². The van der Waals surface area contributed by atoms with Crippen LogP contribution in [0.3, 0.4) is 0 Å². The molecule has 0 unspecified atom stereocenters. The van der Waals surface area contributed by atoms with E-state index in [1.165, 1.54) is 87.3 Å². The van der Waals surface area contributed by atoms with E-state index >= 15 is 0 Å². The van der Waals surface area contributed by atoms with E-state index in [4.69, 9.17) is 4.98 Å². The van der Waals surface area contributed by atoms with E-state index in [-0.39, 0.29) is 6.71 Å². The number of benzene rings is 9. The topological polar surface area (TPSA) is 22.2 Å². The first-order valence-corrected chi connectivity index (χ1v) is 17.7. The van der Waals surface area contributed by atoms with Crippen LogP contribution in [-0.4, -0.2) is 20.7 Å². The second kappa shape index (κ2) is 9.96. The molecular formula is C47H28BN3. The molecular weight excluding hydrogens is 617 g/mol. The first kappa shape index (κ1) is 27.2. The van der Waals surface area contributed by atoms with Crippen LogP contribution in [0.5, 0.6) is 0 Å². The number of aromatic nitrogens is 3. The van der Waals surface area contributed by atoms with Crippen LogP contribution in [0.25, 0.3) is 87.7 Å². The predicted molar refractivity (Wildman–Crippen MR) is 216 cm³/mol. The molecule has 12 rings (SSSR count). The van der Waals surface area contributed by atoms with Crippen LogP contribution < -0.4 is 16.4 Å². The number of fused-ring (bicyclic) bond motifs is 12. The minimum Gasteiger partial charge on any atom is -0.281 e. The normalized spacial score (nSPS) is 12.7. The van der Waals surface area contributed by atoms with E-state index < -0.39 is 0 Å². The SMILES string of the molecule is c1ccc(-c2ccc3ccccc3c2B2c3ccccc3-n3c4c2ccc2cccc(c24)n2c4ccc5ccc6ccccc6c5c4nc32)cc1. The van der Waals surface area contributed by atoms with Crippen LogP contribution >= 0.6 is 0 Å². The Labute approximate surface area is 293 Å². The van der Waals surface area contributed by atoms with Crippen molar-refractivity contribution >= 4 is 94.0 Å². The summed E-state index contributed by atoms with van der Waals surface area (Å²) in [6.07, 6.45) is 0. The van der Waals surface area contributed by atoms with Crippen molar-refractivity contribution in [2.45, 2.75) is 0 Å². The average molecular weight is 646 g/mol. The first-order valence-electron chi connectivity index (χ1n) is 17.7. The molecule has 11 aromatic rings. The van der Waals surface area contributed by atoms with Gasteiger partial charge in [-0.2, -0.15) is 0 Å². The van der Waals surface area contributed by atoms with Gasteiger partial charge in [0.15, 0.2) is 0 Å². The van der Waals surface area contributed by atoms with Crippen LogP contribution in [0.4, 0.5) is 0 Å². The van der Waals surface area contributed by atoms with Crippen molar-refractivity contribution in [3.8, 4) is 16.8 Å². The number of imidazole rings is 1. The second-order valence-corrected chi connectivity index (χ2v) is 13.9. The van der Waals surface area contributed by atoms with Gasteiger partial charge in [-0.3, -0.25) is 8.97 Å². The molecule has 2 aromatic heterocycles. The zero-order valence-corrected chi connectivity index (χ0v) is 27.6. The molecule has 1 aliphatic heterocycles. The average Bonchev–Trinajstić information content (AvgIpc) is 3.59. The Bertz CT molecular complexity index is 3260. The lowest BCUT2D eigenvalue weighted by molar-refractivity contribution is 1.07. The summed E-state index contributed by atoms with van der Waals surface area (Å²) in [5.74, 6) is 0.935. The quantitative estimate of drug-likeness (QED) is 0.136. The van der Waals surface area contributed by atoms with Gasteiger partial charge in [-0.25, -0.2) is 4.98 Å². The summed E-state index contributed by atoms with van der Waals surface area (Å²) in [5.41, 5.74) is 12.2. The molecule has 0 saturated heterocycles. The van der Waals surface area contributed by atoms with Gasteiger partial charge in [-0.15, -0.1) is 0 Å². The molecule has 9 aromatic carbocycles. The number of nitrogens with zero attached hydrogens (tertiary/aromatic N) is 3. The molecule has 0 saturated carbocycles. The molecule has 0 radical (unpaired) electrons. The van der Waals surface area contributed by atoms with E-state index in [0.717, 1.165) is 16.8 Å². The standard InChI is InChI=1S/C47H28BN3/c1-2-11-29(12-3-1)36-26-23-31-14-5-7-17-35(31)44(36)48-37-18-8-9-19-39(37)51-46-38(48)27-24-32-15-10-20-40(43(32)46)50-41-28-25-33-22-21-30-13-4-6-16-34(30)42(33)45(41)49-47(50)51/h1-28H. The Morgan fingerprint density at radius 3 is 2.02 bits per heavy atom. The molecule has 4 heteroatoms. The molecule has 51 heavy (non-hydrogen) atoms. The van der Waals surface area contributed by atoms with Crippen molar-refractivity contribution in [2.24, 2.45) is 0 Å². The molecule has 0 amide bonds. The molecule has 0 spiro atoms. The minimum absolute atomic E-state index is 0.00640. The van der Waals surface area contributed by atoms with E-state index in [2.05, 4.69) is 179 Å². The molecule has 0 atom stereocenters. The zero-order valence-electron chi connectivity index (χ0n) is 27.6. The van der Waals surface area contributed by atoms with Crippen LogP contribution in [0.2, 0.25) is 0 Å². The molecule has 0 bridgehead atoms. The monoisotopic (exact) mass is 645 g/mol. The Kier molecular flexibility index (Phi) is 5.32. The van der Waals surface area contributed by atoms with Gasteiger partial charge in [0.2, 0.25) is 12.5 Å². The highest BCUT2D eigenvalue weighted by Crippen LogP contribution is 2.38. The van der Waals surface area contributed by atoms with Crippen molar-refractivity contribution in [2.75, 3.05) is 0 Å². The summed E-state index contributed by atoms with van der Waals surface area (Å²) in [5, 5.41) is 9.90. The molecule has 3 heterocycles. The van der Waals surface area contributed by atoms with Gasteiger partial charge in [0.25, 0.3) is 0 Å². The summed E-state index contributed by atoms with van der Waals surface area (Å²) in [6, 6.07) is 62.5. The predicted octanol–water partition coefficient (Wildman–Crippen LogP) is 9.54. The largest absolute Gasteiger partial charge is 0.281 e. The highest BCUT2D eigenvalue weighted by Gasteiger charge is 2.36. The maximum Gasteiger partial charge on any atom is 0.248 e. The van der Waals surface area contributed by atoms with Crippen molar-refractivity contribution < 1.29 is 0 Å². The molecule has 0 fully saturated rings. The highest BCUT2D eigenvalue weighted by atomic mass is 15.2. The minimum atomic E-state index is 0.00640. The Morgan fingerprint density at radius 2 is 1.12 bits per heavy atom. The van der Waals surface area contributed by atoms with Crippen LogP contribution in [0, 0.1) is 0 Å². The number of hydrogen-bond donors (Lipinski definition) is 0. The van der Waals surface area contributed by atoms with Crippen molar-refractivity contribution in [1.29, 1.82) is 0 Å². The lowest BCUT2D eigenvalue weighted by atomic mass is 9.34. The van der Waals surface area contributed by atoms with Gasteiger partial charge in [-0.05, 0) is 72.6 Å². The van der Waals surface area contributed by atoms with Crippen molar-refractivity contribution in [3.63, 3.8) is 0 Å². The van der Waals surface area contributed by atoms with Gasteiger partial charge >= 0.3 is 0 Å². The molecule has 0 N–H and O–H groups in total. The Hall–Kier alpha value is -6.65. The fraction of sp³-hybridized carbons (Fsp3) is 0. The van der Waals surface area contributed by atoms with Crippen molar-refractivity contribution in [3.05, 3.63) is 170 Å². The number of rotatable bonds is 2. The molecule has 234 valence electrons. The first-order chi connectivity index (χ1) is 25.3. The van der Waals surface area contributed by atoms with Crippen LogP contribution in [-0.2, 0) is 0 Å². The maximum atomic E-state index is 5.65. The van der Waals surface area contributed by atoms with Crippen LogP contribution in [0.1, 0.15) is 0 Å². The Balaban J connectivity index is 1.30. The van der Waals surface area contributed by atoms with E-state index in [9.17, 15) is 0 Å². The third-order valence-electron chi connectivity index (χ3n) is 11.3. The fourth-order valence-corrected chi connectivity index (χ4v) is 9.24. The zero-order chi connectivity index (χ0) is 33.2. The van der Waals surface area contributed by atoms with Gasteiger partial charge in [0.05, 0.1) is 22.1 Å². The third kappa shape index (κ3) is 3.56. The summed E-state index contributed by atoms with van der Waals surface area (Å²) < 4.78 is 4.86. The highest BCUT2D eigenvalue weighted by molar-refractivity contribution is 7.00. The summed E-state index contributed by atoms with van der Waals surface area (Å²) >= 11 is 0. The third-order valence-corrected chi connectivity index (χ3v) is 11.3. The lowest BCUT2D eigenvalue weighted by Crippen LogP contribution is -2.57. The molecule has 0 aliphatic carbocycles. The summed E-state index contributed by atoms with van der Waals surface area (Å²) in [4.78, 5) is 5.65. The number of para-hydroxylation sites is 1.